The Labute approximate surface area is 96.4 Å². The summed E-state index contributed by atoms with van der Waals surface area (Å²) in [6.07, 6.45) is 9.64. The molecule has 0 atom stereocenters. The van der Waals surface area contributed by atoms with Crippen LogP contribution in [-0.4, -0.2) is 9.97 Å². The van der Waals surface area contributed by atoms with Gasteiger partial charge in [-0.25, -0.2) is 0 Å². The molecule has 0 radical (unpaired) electrons. The molecule has 2 rings (SSSR count). The summed E-state index contributed by atoms with van der Waals surface area (Å²) in [6.45, 7) is 4.32. The first-order valence-electron chi connectivity index (χ1n) is 5.73. The van der Waals surface area contributed by atoms with E-state index in [-0.39, 0.29) is 0 Å². The third-order valence-electron chi connectivity index (χ3n) is 2.86. The lowest BCUT2D eigenvalue weighted by Gasteiger charge is -2.10. The molecule has 0 saturated carbocycles. The van der Waals surface area contributed by atoms with E-state index in [0.29, 0.717) is 0 Å². The number of pyridine rings is 2. The molecule has 0 unspecified atom stereocenters. The van der Waals surface area contributed by atoms with Crippen molar-refractivity contribution >= 4 is 0 Å². The molecule has 2 nitrogen and oxygen atoms in total. The summed E-state index contributed by atoms with van der Waals surface area (Å²) in [6, 6.07) is 4.18. The first-order chi connectivity index (χ1) is 7.86. The number of hydrogen-bond donors (Lipinski definition) is 0. The van der Waals surface area contributed by atoms with Crippen molar-refractivity contribution < 1.29 is 0 Å². The molecule has 0 fully saturated rings. The highest BCUT2D eigenvalue weighted by Gasteiger charge is 2.07. The quantitative estimate of drug-likeness (QED) is 0.780. The lowest BCUT2D eigenvalue weighted by molar-refractivity contribution is 1.08. The Bertz CT molecular complexity index is 432. The molecular formula is C14H16N2. The predicted octanol–water partition coefficient (Wildman–Crippen LogP) is 3.27. The van der Waals surface area contributed by atoms with Gasteiger partial charge in [0.15, 0.2) is 0 Å². The smallest absolute Gasteiger partial charge is 0.0305 e. The van der Waals surface area contributed by atoms with Crippen molar-refractivity contribution in [1.82, 2.24) is 9.97 Å². The van der Waals surface area contributed by atoms with Gasteiger partial charge < -0.3 is 0 Å². The zero-order valence-electron chi connectivity index (χ0n) is 9.77. The van der Waals surface area contributed by atoms with Gasteiger partial charge in [-0.3, -0.25) is 9.97 Å². The van der Waals surface area contributed by atoms with E-state index in [4.69, 9.17) is 0 Å². The molecule has 2 aromatic rings. The van der Waals surface area contributed by atoms with E-state index in [1.807, 2.05) is 24.8 Å². The van der Waals surface area contributed by atoms with Gasteiger partial charge in [-0.2, -0.15) is 0 Å². The molecule has 16 heavy (non-hydrogen) atoms. The number of hydrogen-bond acceptors (Lipinski definition) is 2. The largest absolute Gasteiger partial charge is 0.264 e. The van der Waals surface area contributed by atoms with Gasteiger partial charge in [0.25, 0.3) is 0 Å². The Morgan fingerprint density at radius 3 is 1.62 bits per heavy atom. The summed E-state index contributed by atoms with van der Waals surface area (Å²) in [5, 5.41) is 0. The van der Waals surface area contributed by atoms with Crippen LogP contribution < -0.4 is 0 Å². The summed E-state index contributed by atoms with van der Waals surface area (Å²) in [5.41, 5.74) is 5.17. The van der Waals surface area contributed by atoms with E-state index < -0.39 is 0 Å². The van der Waals surface area contributed by atoms with E-state index >= 15 is 0 Å². The fourth-order valence-corrected chi connectivity index (χ4v) is 1.94. The topological polar surface area (TPSA) is 25.8 Å². The highest BCUT2D eigenvalue weighted by Crippen LogP contribution is 2.26. The summed E-state index contributed by atoms with van der Waals surface area (Å²) in [4.78, 5) is 8.36. The second-order valence-corrected chi connectivity index (χ2v) is 3.77. The van der Waals surface area contributed by atoms with Crippen LogP contribution in [0, 0.1) is 0 Å². The minimum atomic E-state index is 1.01. The summed E-state index contributed by atoms with van der Waals surface area (Å²) >= 11 is 0. The Hall–Kier alpha value is -1.70. The molecule has 0 saturated heterocycles. The number of nitrogens with zero attached hydrogens (tertiary/aromatic N) is 2. The van der Waals surface area contributed by atoms with Crippen LogP contribution in [0.1, 0.15) is 25.0 Å². The molecular weight excluding hydrogens is 196 g/mol. The molecule has 0 spiro atoms. The first-order valence-corrected chi connectivity index (χ1v) is 5.73. The van der Waals surface area contributed by atoms with Crippen LogP contribution in [0.5, 0.6) is 0 Å². The van der Waals surface area contributed by atoms with Crippen LogP contribution in [-0.2, 0) is 12.8 Å². The van der Waals surface area contributed by atoms with Crippen LogP contribution in [0.25, 0.3) is 11.1 Å². The highest BCUT2D eigenvalue weighted by molar-refractivity contribution is 5.69. The van der Waals surface area contributed by atoms with Gasteiger partial charge in [0, 0.05) is 24.8 Å². The van der Waals surface area contributed by atoms with Gasteiger partial charge in [-0.15, -0.1) is 0 Å². The summed E-state index contributed by atoms with van der Waals surface area (Å²) in [5.74, 6) is 0. The second-order valence-electron chi connectivity index (χ2n) is 3.77. The highest BCUT2D eigenvalue weighted by atomic mass is 14.6. The second kappa shape index (κ2) is 4.88. The molecule has 2 heteroatoms. The lowest BCUT2D eigenvalue weighted by atomic mass is 9.96. The SMILES string of the molecule is CCc1cnccc1-c1ccncc1CC. The normalized spacial score (nSPS) is 10.4. The Morgan fingerprint density at radius 1 is 0.812 bits per heavy atom. The van der Waals surface area contributed by atoms with Crippen molar-refractivity contribution in [3.05, 3.63) is 48.0 Å². The van der Waals surface area contributed by atoms with E-state index in [9.17, 15) is 0 Å². The van der Waals surface area contributed by atoms with E-state index in [0.717, 1.165) is 12.8 Å². The molecule has 0 aliphatic carbocycles. The van der Waals surface area contributed by atoms with Crippen LogP contribution in [0.4, 0.5) is 0 Å². The van der Waals surface area contributed by atoms with Gasteiger partial charge in [-0.1, -0.05) is 13.8 Å². The van der Waals surface area contributed by atoms with Crippen molar-refractivity contribution in [3.8, 4) is 11.1 Å². The lowest BCUT2D eigenvalue weighted by Crippen LogP contribution is -1.93. The zero-order chi connectivity index (χ0) is 11.4. The summed E-state index contributed by atoms with van der Waals surface area (Å²) in [7, 11) is 0. The number of rotatable bonds is 3. The van der Waals surface area contributed by atoms with Gasteiger partial charge >= 0.3 is 0 Å². The van der Waals surface area contributed by atoms with Crippen LogP contribution in [0.15, 0.2) is 36.9 Å². The van der Waals surface area contributed by atoms with Crippen molar-refractivity contribution in [2.24, 2.45) is 0 Å². The number of aryl methyl sites for hydroxylation is 2. The van der Waals surface area contributed by atoms with E-state index in [1.54, 1.807) is 0 Å². The Kier molecular flexibility index (Phi) is 3.30. The molecule has 0 N–H and O–H groups in total. The molecule has 0 aromatic carbocycles. The molecule has 2 heterocycles. The first kappa shape index (κ1) is 10.8. The summed E-state index contributed by atoms with van der Waals surface area (Å²) < 4.78 is 0. The van der Waals surface area contributed by atoms with E-state index in [1.165, 1.54) is 22.3 Å². The van der Waals surface area contributed by atoms with Crippen molar-refractivity contribution in [2.45, 2.75) is 26.7 Å². The number of aromatic nitrogens is 2. The predicted molar refractivity (Wildman–Crippen MR) is 66.2 cm³/mol. The van der Waals surface area contributed by atoms with Gasteiger partial charge in [0.05, 0.1) is 0 Å². The van der Waals surface area contributed by atoms with Crippen LogP contribution in [0.2, 0.25) is 0 Å². The average Bonchev–Trinajstić information content (AvgIpc) is 2.38. The molecule has 0 amide bonds. The Balaban J connectivity index is 2.58. The Morgan fingerprint density at radius 2 is 1.25 bits per heavy atom. The standard InChI is InChI=1S/C14H16N2/c1-3-11-9-15-7-5-13(11)14-6-8-16-10-12(14)4-2/h5-10H,3-4H2,1-2H3. The molecule has 0 aliphatic heterocycles. The van der Waals surface area contributed by atoms with Crippen molar-refractivity contribution in [1.29, 1.82) is 0 Å². The molecule has 0 aliphatic rings. The maximum atomic E-state index is 4.18. The molecule has 0 bridgehead atoms. The monoisotopic (exact) mass is 212 g/mol. The van der Waals surface area contributed by atoms with Gasteiger partial charge in [-0.05, 0) is 47.2 Å². The van der Waals surface area contributed by atoms with Gasteiger partial charge in [0.1, 0.15) is 0 Å². The fraction of sp³-hybridized carbons (Fsp3) is 0.286. The molecule has 82 valence electrons. The van der Waals surface area contributed by atoms with Crippen LogP contribution >= 0.6 is 0 Å². The minimum absolute atomic E-state index is 1.01. The maximum absolute atomic E-state index is 4.18. The van der Waals surface area contributed by atoms with Crippen LogP contribution in [0.3, 0.4) is 0 Å². The molecule has 2 aromatic heterocycles. The zero-order valence-corrected chi connectivity index (χ0v) is 9.77. The van der Waals surface area contributed by atoms with E-state index in [2.05, 4.69) is 35.9 Å². The van der Waals surface area contributed by atoms with Crippen molar-refractivity contribution in [3.63, 3.8) is 0 Å². The third-order valence-corrected chi connectivity index (χ3v) is 2.86. The minimum Gasteiger partial charge on any atom is -0.264 e. The van der Waals surface area contributed by atoms with Crippen molar-refractivity contribution in [2.75, 3.05) is 0 Å². The van der Waals surface area contributed by atoms with Gasteiger partial charge in [0.2, 0.25) is 0 Å². The third kappa shape index (κ3) is 1.96. The average molecular weight is 212 g/mol. The fourth-order valence-electron chi connectivity index (χ4n) is 1.94. The maximum Gasteiger partial charge on any atom is 0.0305 e.